The molecule has 1 fully saturated rings. The van der Waals surface area contributed by atoms with Gasteiger partial charge < -0.3 is 10.1 Å². The van der Waals surface area contributed by atoms with E-state index in [1.54, 1.807) is 4.57 Å². The summed E-state index contributed by atoms with van der Waals surface area (Å²) >= 11 is 2.09. The molecule has 1 aliphatic heterocycles. The first kappa shape index (κ1) is 14.9. The summed E-state index contributed by atoms with van der Waals surface area (Å²) in [5, 5.41) is 3.29. The lowest BCUT2D eigenvalue weighted by Crippen LogP contribution is -2.44. The van der Waals surface area contributed by atoms with Gasteiger partial charge >= 0.3 is 0 Å². The molecule has 0 spiro atoms. The fourth-order valence-corrected chi connectivity index (χ4v) is 3.33. The fraction of sp³-hybridized carbons (Fsp3) is 0.615. The Morgan fingerprint density at radius 2 is 2.05 bits per heavy atom. The number of rotatable bonds is 3. The SMILES string of the molecule is BNCC1(C)CCN(c2ccc(I)c(=O)n2C)CC1. The third-order valence-electron chi connectivity index (χ3n) is 4.13. The highest BCUT2D eigenvalue weighted by Gasteiger charge is 2.30. The van der Waals surface area contributed by atoms with Crippen molar-refractivity contribution in [3.8, 4) is 0 Å². The topological polar surface area (TPSA) is 37.3 Å². The van der Waals surface area contributed by atoms with Crippen LogP contribution >= 0.6 is 22.6 Å². The summed E-state index contributed by atoms with van der Waals surface area (Å²) in [4.78, 5) is 14.3. The molecular weight excluding hydrogens is 352 g/mol. The Bertz CT molecular complexity index is 509. The molecule has 1 aromatic rings. The molecule has 1 saturated heterocycles. The third-order valence-corrected chi connectivity index (χ3v) is 4.95. The molecule has 0 atom stereocenters. The Morgan fingerprint density at radius 3 is 2.63 bits per heavy atom. The second kappa shape index (κ2) is 5.87. The van der Waals surface area contributed by atoms with Gasteiger partial charge in [0.25, 0.3) is 5.56 Å². The van der Waals surface area contributed by atoms with Gasteiger partial charge in [0, 0.05) is 20.1 Å². The predicted molar refractivity (Wildman–Crippen MR) is 90.5 cm³/mol. The van der Waals surface area contributed by atoms with Crippen molar-refractivity contribution in [1.82, 2.24) is 9.79 Å². The van der Waals surface area contributed by atoms with Crippen LogP contribution in [0.4, 0.5) is 5.82 Å². The van der Waals surface area contributed by atoms with E-state index in [2.05, 4.69) is 45.7 Å². The van der Waals surface area contributed by atoms with E-state index in [1.807, 2.05) is 21.1 Å². The zero-order chi connectivity index (χ0) is 14.0. The maximum absolute atomic E-state index is 12.0. The summed E-state index contributed by atoms with van der Waals surface area (Å²) in [5.41, 5.74) is 0.481. The molecule has 0 radical (unpaired) electrons. The summed E-state index contributed by atoms with van der Waals surface area (Å²) in [6, 6.07) is 3.98. The normalized spacial score (nSPS) is 18.6. The minimum absolute atomic E-state index is 0.0988. The largest absolute Gasteiger partial charge is 0.361 e. The van der Waals surface area contributed by atoms with E-state index in [9.17, 15) is 4.79 Å². The number of hydrogen-bond acceptors (Lipinski definition) is 3. The first-order valence-corrected chi connectivity index (χ1v) is 7.80. The number of nitrogens with zero attached hydrogens (tertiary/aromatic N) is 2. The summed E-state index contributed by atoms with van der Waals surface area (Å²) in [7, 11) is 3.88. The fourth-order valence-electron chi connectivity index (χ4n) is 2.79. The van der Waals surface area contributed by atoms with Gasteiger partial charge in [-0.3, -0.25) is 9.36 Å². The lowest BCUT2D eigenvalue weighted by molar-refractivity contribution is 0.250. The van der Waals surface area contributed by atoms with Crippen molar-refractivity contribution in [3.05, 3.63) is 26.1 Å². The Kier molecular flexibility index (Phi) is 4.60. The van der Waals surface area contributed by atoms with Crippen molar-refractivity contribution in [2.75, 3.05) is 24.5 Å². The quantitative estimate of drug-likeness (QED) is 0.628. The van der Waals surface area contributed by atoms with Crippen LogP contribution in [0.1, 0.15) is 19.8 Å². The number of nitrogens with one attached hydrogen (secondary N) is 1. The average molecular weight is 373 g/mol. The van der Waals surface area contributed by atoms with E-state index in [-0.39, 0.29) is 5.56 Å². The van der Waals surface area contributed by atoms with Crippen LogP contribution in [0.15, 0.2) is 16.9 Å². The van der Waals surface area contributed by atoms with Crippen molar-refractivity contribution in [3.63, 3.8) is 0 Å². The lowest BCUT2D eigenvalue weighted by atomic mass is 9.80. The van der Waals surface area contributed by atoms with Gasteiger partial charge in [-0.15, -0.1) is 0 Å². The molecule has 2 rings (SSSR count). The minimum Gasteiger partial charge on any atom is -0.361 e. The van der Waals surface area contributed by atoms with Crippen LogP contribution < -0.4 is 15.7 Å². The zero-order valence-electron chi connectivity index (χ0n) is 11.9. The molecule has 0 amide bonds. The van der Waals surface area contributed by atoms with Gasteiger partial charge in [0.15, 0.2) is 7.98 Å². The second-order valence-corrected chi connectivity index (χ2v) is 6.89. The number of pyridine rings is 1. The van der Waals surface area contributed by atoms with Crippen LogP contribution in [0.25, 0.3) is 0 Å². The van der Waals surface area contributed by atoms with Crippen LogP contribution in [0, 0.1) is 8.99 Å². The number of aromatic nitrogens is 1. The molecule has 0 aliphatic carbocycles. The van der Waals surface area contributed by atoms with Gasteiger partial charge in [0.05, 0.1) is 3.57 Å². The van der Waals surface area contributed by atoms with E-state index in [0.29, 0.717) is 5.41 Å². The van der Waals surface area contributed by atoms with Crippen LogP contribution in [0.5, 0.6) is 0 Å². The van der Waals surface area contributed by atoms with Gasteiger partial charge in [0.2, 0.25) is 0 Å². The first-order valence-electron chi connectivity index (χ1n) is 6.72. The van der Waals surface area contributed by atoms with Crippen molar-refractivity contribution in [1.29, 1.82) is 0 Å². The van der Waals surface area contributed by atoms with Crippen molar-refractivity contribution >= 4 is 36.4 Å². The van der Waals surface area contributed by atoms with Crippen molar-refractivity contribution < 1.29 is 0 Å². The van der Waals surface area contributed by atoms with Gasteiger partial charge in [-0.05, 0) is 59.5 Å². The monoisotopic (exact) mass is 373 g/mol. The highest BCUT2D eigenvalue weighted by Crippen LogP contribution is 2.31. The van der Waals surface area contributed by atoms with Gasteiger partial charge in [0.1, 0.15) is 5.82 Å². The Morgan fingerprint density at radius 1 is 1.42 bits per heavy atom. The molecule has 1 aliphatic rings. The number of piperidine rings is 1. The first-order chi connectivity index (χ1) is 8.97. The molecule has 0 saturated carbocycles. The Hall–Kier alpha value is -0.495. The summed E-state index contributed by atoms with van der Waals surface area (Å²) < 4.78 is 2.54. The Balaban J connectivity index is 2.14. The predicted octanol–water partition coefficient (Wildman–Crippen LogP) is 0.734. The van der Waals surface area contributed by atoms with E-state index < -0.39 is 0 Å². The number of hydrogen-bond donors (Lipinski definition) is 1. The molecule has 2 heterocycles. The number of halogens is 1. The highest BCUT2D eigenvalue weighted by molar-refractivity contribution is 14.1. The van der Waals surface area contributed by atoms with Crippen LogP contribution in [-0.2, 0) is 7.05 Å². The van der Waals surface area contributed by atoms with Crippen molar-refractivity contribution in [2.24, 2.45) is 12.5 Å². The molecule has 19 heavy (non-hydrogen) atoms. The lowest BCUT2D eigenvalue weighted by Gasteiger charge is -2.40. The molecule has 6 heteroatoms. The van der Waals surface area contributed by atoms with E-state index >= 15 is 0 Å². The summed E-state index contributed by atoms with van der Waals surface area (Å²) in [6.45, 7) is 5.44. The van der Waals surface area contributed by atoms with Gasteiger partial charge in [-0.25, -0.2) is 0 Å². The van der Waals surface area contributed by atoms with Gasteiger partial charge in [-0.2, -0.15) is 0 Å². The standard InChI is InChI=1S/C13H21BIN3O/c1-13(9-16-14)5-7-18(8-6-13)11-4-3-10(15)12(19)17(11)2/h3-4,16H,5-9,14H2,1-2H3. The van der Waals surface area contributed by atoms with E-state index in [0.717, 1.165) is 41.9 Å². The molecular formula is C13H21BIN3O. The summed E-state index contributed by atoms with van der Waals surface area (Å²) in [6.07, 6.45) is 2.32. The maximum Gasteiger partial charge on any atom is 0.265 e. The molecule has 104 valence electrons. The number of anilines is 1. The minimum atomic E-state index is 0.0988. The second-order valence-electron chi connectivity index (χ2n) is 5.73. The molecule has 0 bridgehead atoms. The maximum atomic E-state index is 12.0. The van der Waals surface area contributed by atoms with Crippen molar-refractivity contribution in [2.45, 2.75) is 19.8 Å². The zero-order valence-corrected chi connectivity index (χ0v) is 14.0. The highest BCUT2D eigenvalue weighted by atomic mass is 127. The smallest absolute Gasteiger partial charge is 0.265 e. The van der Waals surface area contributed by atoms with Crippen LogP contribution in [0.2, 0.25) is 0 Å². The Labute approximate surface area is 129 Å². The van der Waals surface area contributed by atoms with E-state index in [1.165, 1.54) is 0 Å². The molecule has 4 nitrogen and oxygen atoms in total. The molecule has 1 N–H and O–H groups in total. The molecule has 0 aromatic carbocycles. The van der Waals surface area contributed by atoms with Crippen LogP contribution in [-0.4, -0.2) is 32.2 Å². The van der Waals surface area contributed by atoms with Gasteiger partial charge in [-0.1, -0.05) is 6.92 Å². The van der Waals surface area contributed by atoms with Crippen LogP contribution in [0.3, 0.4) is 0 Å². The third kappa shape index (κ3) is 3.16. The average Bonchev–Trinajstić information content (AvgIpc) is 2.38. The molecule has 0 unspecified atom stereocenters. The summed E-state index contributed by atoms with van der Waals surface area (Å²) in [5.74, 6) is 1.04. The molecule has 1 aromatic heterocycles. The van der Waals surface area contributed by atoms with E-state index in [4.69, 9.17) is 0 Å².